The van der Waals surface area contributed by atoms with Gasteiger partial charge in [0.15, 0.2) is 5.82 Å². The lowest BCUT2D eigenvalue weighted by Gasteiger charge is -2.22. The molecule has 0 amide bonds. The molecule has 3 heteroatoms. The molecule has 2 aromatic heterocycles. The first-order valence-electron chi connectivity index (χ1n) is 19.3. The average Bonchev–Trinajstić information content (AvgIpc) is 3.71. The molecular weight excluding hydrogens is 679 g/mol. The molecule has 0 atom stereocenters. The fraction of sp³-hybridized carbons (Fsp3) is 0.0566. The molecule has 0 unspecified atom stereocenters. The van der Waals surface area contributed by atoms with Crippen LogP contribution < -0.4 is 0 Å². The molecule has 1 aliphatic rings. The summed E-state index contributed by atoms with van der Waals surface area (Å²) >= 11 is 0. The monoisotopic (exact) mass is 715 g/mol. The molecular formula is C53H37N3. The minimum atomic E-state index is -0.113. The van der Waals surface area contributed by atoms with Crippen LogP contribution in [0.25, 0.3) is 94.4 Å². The van der Waals surface area contributed by atoms with Crippen LogP contribution in [0.3, 0.4) is 0 Å². The number of aromatic nitrogens is 3. The summed E-state index contributed by atoms with van der Waals surface area (Å²) in [6.07, 6.45) is 0. The molecule has 8 aromatic carbocycles. The van der Waals surface area contributed by atoms with Crippen LogP contribution in [-0.4, -0.2) is 14.5 Å². The number of fused-ring (bicyclic) bond motifs is 7. The molecule has 0 aliphatic heterocycles. The summed E-state index contributed by atoms with van der Waals surface area (Å²) in [5.74, 6) is 0.698. The van der Waals surface area contributed by atoms with Gasteiger partial charge in [-0.1, -0.05) is 159 Å². The summed E-state index contributed by atoms with van der Waals surface area (Å²) < 4.78 is 2.38. The van der Waals surface area contributed by atoms with E-state index in [-0.39, 0.29) is 5.41 Å². The van der Waals surface area contributed by atoms with E-state index in [2.05, 4.69) is 200 Å². The Morgan fingerprint density at radius 1 is 0.411 bits per heavy atom. The molecule has 0 saturated carbocycles. The Bertz CT molecular complexity index is 3120. The van der Waals surface area contributed by atoms with Crippen molar-refractivity contribution in [1.29, 1.82) is 0 Å². The Kier molecular flexibility index (Phi) is 7.20. The van der Waals surface area contributed by atoms with Gasteiger partial charge >= 0.3 is 0 Å². The van der Waals surface area contributed by atoms with Crippen molar-refractivity contribution in [3.8, 4) is 61.8 Å². The number of para-hydroxylation sites is 3. The summed E-state index contributed by atoms with van der Waals surface area (Å²) in [5, 5.41) is 5.01. The summed E-state index contributed by atoms with van der Waals surface area (Å²) in [7, 11) is 0. The molecule has 1 aliphatic carbocycles. The van der Waals surface area contributed by atoms with Gasteiger partial charge in [0.25, 0.3) is 0 Å². The molecule has 56 heavy (non-hydrogen) atoms. The van der Waals surface area contributed by atoms with Gasteiger partial charge in [0.05, 0.1) is 28.1 Å². The van der Waals surface area contributed by atoms with E-state index in [9.17, 15) is 0 Å². The zero-order chi connectivity index (χ0) is 37.4. The predicted molar refractivity (Wildman–Crippen MR) is 233 cm³/mol. The standard InChI is InChI=1S/C53H37N3/c1-53(2)44-26-15-25-39(51(44)43-31-35-18-6-7-19-36(35)32-45(43)53)37-20-14-21-38(30-37)46-33-47(55-52(54-46)34-16-4-3-5-17-34)42-24-10-13-29-50(42)56-48-27-11-8-22-40(48)41-23-9-12-28-49(41)56/h3-33H,1-2H3. The second-order valence-electron chi connectivity index (χ2n) is 15.4. The van der Waals surface area contributed by atoms with Crippen molar-refractivity contribution in [3.63, 3.8) is 0 Å². The minimum absolute atomic E-state index is 0.113. The lowest BCUT2D eigenvalue weighted by molar-refractivity contribution is 0.661. The molecule has 0 radical (unpaired) electrons. The van der Waals surface area contributed by atoms with Gasteiger partial charge < -0.3 is 4.57 Å². The Hall–Kier alpha value is -7.10. The maximum Gasteiger partial charge on any atom is 0.160 e. The number of nitrogens with zero attached hydrogens (tertiary/aromatic N) is 3. The Morgan fingerprint density at radius 2 is 1.00 bits per heavy atom. The van der Waals surface area contributed by atoms with Crippen molar-refractivity contribution in [2.75, 3.05) is 0 Å². The first kappa shape index (κ1) is 32.3. The van der Waals surface area contributed by atoms with Crippen LogP contribution in [-0.2, 0) is 5.41 Å². The van der Waals surface area contributed by atoms with Gasteiger partial charge in [0, 0.05) is 32.9 Å². The molecule has 0 fully saturated rings. The second-order valence-corrected chi connectivity index (χ2v) is 15.4. The highest BCUT2D eigenvalue weighted by atomic mass is 15.0. The molecule has 0 spiro atoms. The summed E-state index contributed by atoms with van der Waals surface area (Å²) in [5.41, 5.74) is 15.9. The van der Waals surface area contributed by atoms with Gasteiger partial charge in [-0.25, -0.2) is 9.97 Å². The minimum Gasteiger partial charge on any atom is -0.309 e. The van der Waals surface area contributed by atoms with Gasteiger partial charge in [-0.05, 0) is 86.6 Å². The molecule has 0 bridgehead atoms. The second kappa shape index (κ2) is 12.5. The fourth-order valence-electron chi connectivity index (χ4n) is 9.08. The van der Waals surface area contributed by atoms with E-state index in [1.54, 1.807) is 0 Å². The molecule has 10 aromatic rings. The zero-order valence-electron chi connectivity index (χ0n) is 31.2. The highest BCUT2D eigenvalue weighted by Gasteiger charge is 2.37. The summed E-state index contributed by atoms with van der Waals surface area (Å²) in [4.78, 5) is 10.6. The summed E-state index contributed by atoms with van der Waals surface area (Å²) in [6.45, 7) is 4.72. The lowest BCUT2D eigenvalue weighted by atomic mass is 9.81. The van der Waals surface area contributed by atoms with Crippen LogP contribution in [0, 0.1) is 0 Å². The number of hydrogen-bond acceptors (Lipinski definition) is 2. The van der Waals surface area contributed by atoms with E-state index in [4.69, 9.17) is 9.97 Å². The molecule has 0 saturated heterocycles. The third kappa shape index (κ3) is 4.98. The first-order chi connectivity index (χ1) is 27.5. The maximum atomic E-state index is 5.30. The number of benzene rings is 8. The molecule has 11 rings (SSSR count). The summed E-state index contributed by atoms with van der Waals surface area (Å²) in [6, 6.07) is 67.6. The normalized spacial score (nSPS) is 13.0. The van der Waals surface area contributed by atoms with E-state index in [0.29, 0.717) is 5.82 Å². The van der Waals surface area contributed by atoms with Gasteiger partial charge in [-0.15, -0.1) is 0 Å². The van der Waals surface area contributed by atoms with Crippen LogP contribution in [0.4, 0.5) is 0 Å². The zero-order valence-corrected chi connectivity index (χ0v) is 31.2. The Balaban J connectivity index is 1.10. The third-order valence-corrected chi connectivity index (χ3v) is 11.8. The first-order valence-corrected chi connectivity index (χ1v) is 19.3. The van der Waals surface area contributed by atoms with Crippen LogP contribution in [0.15, 0.2) is 188 Å². The van der Waals surface area contributed by atoms with Crippen molar-refractivity contribution >= 4 is 32.6 Å². The quantitative estimate of drug-likeness (QED) is 0.178. The third-order valence-electron chi connectivity index (χ3n) is 11.8. The van der Waals surface area contributed by atoms with E-state index < -0.39 is 0 Å². The Morgan fingerprint density at radius 3 is 1.79 bits per heavy atom. The largest absolute Gasteiger partial charge is 0.309 e. The van der Waals surface area contributed by atoms with Crippen molar-refractivity contribution in [2.45, 2.75) is 19.3 Å². The van der Waals surface area contributed by atoms with Crippen LogP contribution >= 0.6 is 0 Å². The Labute approximate surface area is 326 Å². The molecule has 2 heterocycles. The van der Waals surface area contributed by atoms with Gasteiger partial charge in [0.1, 0.15) is 0 Å². The van der Waals surface area contributed by atoms with Gasteiger partial charge in [-0.2, -0.15) is 0 Å². The maximum absolute atomic E-state index is 5.30. The van der Waals surface area contributed by atoms with Gasteiger partial charge in [0.2, 0.25) is 0 Å². The molecule has 264 valence electrons. The van der Waals surface area contributed by atoms with Crippen LogP contribution in [0.2, 0.25) is 0 Å². The van der Waals surface area contributed by atoms with Gasteiger partial charge in [-0.3, -0.25) is 0 Å². The average molecular weight is 716 g/mol. The SMILES string of the molecule is CC1(C)c2cc3ccccc3cc2-c2c(-c3cccc(-c4cc(-c5ccccc5-n5c6ccccc6c6ccccc65)nc(-c5ccccc5)n4)c3)cccc21. The number of rotatable bonds is 5. The molecule has 0 N–H and O–H groups in total. The fourth-order valence-corrected chi connectivity index (χ4v) is 9.08. The smallest absolute Gasteiger partial charge is 0.160 e. The predicted octanol–water partition coefficient (Wildman–Crippen LogP) is 13.7. The lowest BCUT2D eigenvalue weighted by Crippen LogP contribution is -2.14. The topological polar surface area (TPSA) is 30.7 Å². The van der Waals surface area contributed by atoms with Crippen molar-refractivity contribution < 1.29 is 0 Å². The van der Waals surface area contributed by atoms with Crippen molar-refractivity contribution in [3.05, 3.63) is 199 Å². The highest BCUT2D eigenvalue weighted by Crippen LogP contribution is 2.53. The van der Waals surface area contributed by atoms with Crippen LogP contribution in [0.5, 0.6) is 0 Å². The van der Waals surface area contributed by atoms with Crippen molar-refractivity contribution in [1.82, 2.24) is 14.5 Å². The highest BCUT2D eigenvalue weighted by molar-refractivity contribution is 6.09. The molecule has 3 nitrogen and oxygen atoms in total. The van der Waals surface area contributed by atoms with E-state index in [1.165, 1.54) is 66.0 Å². The van der Waals surface area contributed by atoms with Crippen LogP contribution in [0.1, 0.15) is 25.0 Å². The van der Waals surface area contributed by atoms with E-state index in [1.807, 2.05) is 6.07 Å². The van der Waals surface area contributed by atoms with Crippen molar-refractivity contribution in [2.24, 2.45) is 0 Å². The number of hydrogen-bond donors (Lipinski definition) is 0. The van der Waals surface area contributed by atoms with E-state index in [0.717, 1.165) is 33.8 Å². The van der Waals surface area contributed by atoms with E-state index >= 15 is 0 Å².